The van der Waals surface area contributed by atoms with Crippen LogP contribution in [0.4, 0.5) is 0 Å². The fraction of sp³-hybridized carbons (Fsp3) is 1.00. The molecule has 0 aromatic carbocycles. The van der Waals surface area contributed by atoms with Gasteiger partial charge in [0.25, 0.3) is 0 Å². The van der Waals surface area contributed by atoms with Crippen LogP contribution in [0.25, 0.3) is 0 Å². The van der Waals surface area contributed by atoms with Gasteiger partial charge in [-0.15, -0.1) is 0 Å². The molecular formula is C7H17NS. The van der Waals surface area contributed by atoms with Crippen molar-refractivity contribution in [3.8, 4) is 0 Å². The molecular weight excluding hydrogens is 130 g/mol. The molecule has 2 heteroatoms. The van der Waals surface area contributed by atoms with Crippen LogP contribution >= 0.6 is 11.9 Å². The van der Waals surface area contributed by atoms with Crippen molar-refractivity contribution in [1.29, 1.82) is 0 Å². The Kier molecular flexibility index (Phi) is 5.30. The van der Waals surface area contributed by atoms with Crippen molar-refractivity contribution in [3.05, 3.63) is 0 Å². The Morgan fingerprint density at radius 1 is 1.44 bits per heavy atom. The van der Waals surface area contributed by atoms with E-state index >= 15 is 0 Å². The standard InChI is InChI=1S/C7H17NS/c1-5-7(3)8(6-2)9-4/h7H,5-6H2,1-4H3. The minimum atomic E-state index is 0.727. The summed E-state index contributed by atoms with van der Waals surface area (Å²) in [4.78, 5) is 0. The summed E-state index contributed by atoms with van der Waals surface area (Å²) in [7, 11) is 0. The fourth-order valence-corrected chi connectivity index (χ4v) is 1.59. The van der Waals surface area contributed by atoms with Crippen LogP contribution < -0.4 is 0 Å². The van der Waals surface area contributed by atoms with E-state index in [9.17, 15) is 0 Å². The molecule has 0 aliphatic rings. The lowest BCUT2D eigenvalue weighted by Gasteiger charge is -2.23. The molecule has 0 radical (unpaired) electrons. The summed E-state index contributed by atoms with van der Waals surface area (Å²) < 4.78 is 2.39. The average molecular weight is 147 g/mol. The minimum absolute atomic E-state index is 0.727. The average Bonchev–Trinajstić information content (AvgIpc) is 1.90. The Morgan fingerprint density at radius 3 is 2.11 bits per heavy atom. The van der Waals surface area contributed by atoms with Gasteiger partial charge in [-0.05, 0) is 19.6 Å². The molecule has 0 aromatic rings. The second-order valence-corrected chi connectivity index (χ2v) is 3.01. The van der Waals surface area contributed by atoms with Crippen molar-refractivity contribution in [3.63, 3.8) is 0 Å². The number of nitrogens with zero attached hydrogens (tertiary/aromatic N) is 1. The number of rotatable bonds is 4. The third-order valence-electron chi connectivity index (χ3n) is 1.63. The van der Waals surface area contributed by atoms with Crippen molar-refractivity contribution in [2.45, 2.75) is 33.2 Å². The quantitative estimate of drug-likeness (QED) is 0.562. The molecule has 0 spiro atoms. The maximum atomic E-state index is 2.39. The molecule has 1 nitrogen and oxygen atoms in total. The predicted octanol–water partition coefficient (Wildman–Crippen LogP) is 2.38. The molecule has 0 aliphatic heterocycles. The van der Waals surface area contributed by atoms with E-state index in [0.717, 1.165) is 12.6 Å². The highest BCUT2D eigenvalue weighted by molar-refractivity contribution is 7.96. The van der Waals surface area contributed by atoms with Crippen LogP contribution in [0.5, 0.6) is 0 Å². The van der Waals surface area contributed by atoms with E-state index < -0.39 is 0 Å². The lowest BCUT2D eigenvalue weighted by Crippen LogP contribution is -2.25. The molecule has 0 fully saturated rings. The molecule has 0 saturated heterocycles. The van der Waals surface area contributed by atoms with E-state index in [0.29, 0.717) is 0 Å². The fourth-order valence-electron chi connectivity index (χ4n) is 0.824. The Labute approximate surface area is 62.9 Å². The van der Waals surface area contributed by atoms with Crippen LogP contribution in [-0.2, 0) is 0 Å². The zero-order valence-electron chi connectivity index (χ0n) is 6.85. The highest BCUT2D eigenvalue weighted by Crippen LogP contribution is 2.11. The van der Waals surface area contributed by atoms with Crippen LogP contribution in [0.15, 0.2) is 0 Å². The summed E-state index contributed by atoms with van der Waals surface area (Å²) in [6.45, 7) is 7.84. The van der Waals surface area contributed by atoms with Gasteiger partial charge in [-0.25, -0.2) is 4.31 Å². The molecule has 0 saturated carbocycles. The summed E-state index contributed by atoms with van der Waals surface area (Å²) in [5.41, 5.74) is 0. The van der Waals surface area contributed by atoms with Crippen molar-refractivity contribution in [2.24, 2.45) is 0 Å². The maximum Gasteiger partial charge on any atom is 0.0171 e. The van der Waals surface area contributed by atoms with Gasteiger partial charge in [0.2, 0.25) is 0 Å². The molecule has 1 atom stereocenters. The first-order valence-corrected chi connectivity index (χ1v) is 4.75. The van der Waals surface area contributed by atoms with Gasteiger partial charge < -0.3 is 0 Å². The molecule has 1 unspecified atom stereocenters. The lowest BCUT2D eigenvalue weighted by atomic mass is 10.3. The van der Waals surface area contributed by atoms with Crippen LogP contribution in [0, 0.1) is 0 Å². The lowest BCUT2D eigenvalue weighted by molar-refractivity contribution is 0.382. The smallest absolute Gasteiger partial charge is 0.0171 e. The van der Waals surface area contributed by atoms with Gasteiger partial charge in [0.15, 0.2) is 0 Å². The third-order valence-corrected chi connectivity index (χ3v) is 2.72. The highest BCUT2D eigenvalue weighted by atomic mass is 32.2. The Morgan fingerprint density at radius 2 is 2.00 bits per heavy atom. The first-order valence-electron chi connectivity index (χ1n) is 3.57. The van der Waals surface area contributed by atoms with Gasteiger partial charge in [-0.2, -0.15) is 0 Å². The Balaban J connectivity index is 3.50. The van der Waals surface area contributed by atoms with Crippen LogP contribution in [0.1, 0.15) is 27.2 Å². The van der Waals surface area contributed by atoms with Gasteiger partial charge >= 0.3 is 0 Å². The van der Waals surface area contributed by atoms with E-state index in [1.165, 1.54) is 6.42 Å². The van der Waals surface area contributed by atoms with Crippen molar-refractivity contribution < 1.29 is 0 Å². The second-order valence-electron chi connectivity index (χ2n) is 2.17. The zero-order valence-corrected chi connectivity index (χ0v) is 7.66. The molecule has 0 rings (SSSR count). The van der Waals surface area contributed by atoms with E-state index in [1.54, 1.807) is 0 Å². The molecule has 0 aromatic heterocycles. The minimum Gasteiger partial charge on any atom is -0.248 e. The summed E-state index contributed by atoms with van der Waals surface area (Å²) >= 11 is 1.84. The van der Waals surface area contributed by atoms with Gasteiger partial charge in [0.05, 0.1) is 0 Å². The SMILES string of the molecule is CCC(C)N(CC)SC. The molecule has 0 N–H and O–H groups in total. The zero-order chi connectivity index (χ0) is 7.28. The first-order chi connectivity index (χ1) is 4.26. The normalized spacial score (nSPS) is 14.3. The van der Waals surface area contributed by atoms with Gasteiger partial charge in [-0.1, -0.05) is 25.8 Å². The highest BCUT2D eigenvalue weighted by Gasteiger charge is 2.06. The Hall–Kier alpha value is 0.310. The van der Waals surface area contributed by atoms with E-state index in [4.69, 9.17) is 0 Å². The van der Waals surface area contributed by atoms with Crippen LogP contribution in [-0.4, -0.2) is 23.1 Å². The molecule has 56 valence electrons. The van der Waals surface area contributed by atoms with Crippen LogP contribution in [0.2, 0.25) is 0 Å². The summed E-state index contributed by atoms with van der Waals surface area (Å²) in [6.07, 6.45) is 3.38. The first kappa shape index (κ1) is 9.31. The number of hydrogen-bond acceptors (Lipinski definition) is 2. The van der Waals surface area contributed by atoms with Crippen LogP contribution in [0.3, 0.4) is 0 Å². The second kappa shape index (κ2) is 5.12. The van der Waals surface area contributed by atoms with Gasteiger partial charge in [-0.3, -0.25) is 0 Å². The summed E-state index contributed by atoms with van der Waals surface area (Å²) in [5, 5.41) is 0. The largest absolute Gasteiger partial charge is 0.248 e. The molecule has 0 heterocycles. The van der Waals surface area contributed by atoms with Crippen molar-refractivity contribution in [1.82, 2.24) is 4.31 Å². The summed E-state index contributed by atoms with van der Waals surface area (Å²) in [6, 6.07) is 0.727. The number of hydrogen-bond donors (Lipinski definition) is 0. The third kappa shape index (κ3) is 3.11. The molecule has 0 aliphatic carbocycles. The van der Waals surface area contributed by atoms with Gasteiger partial charge in [0, 0.05) is 12.6 Å². The topological polar surface area (TPSA) is 3.24 Å². The maximum absolute atomic E-state index is 2.39. The predicted molar refractivity (Wildman–Crippen MR) is 45.6 cm³/mol. The Bertz CT molecular complexity index is 61.9. The van der Waals surface area contributed by atoms with Crippen molar-refractivity contribution in [2.75, 3.05) is 12.8 Å². The monoisotopic (exact) mass is 147 g/mol. The van der Waals surface area contributed by atoms with E-state index in [2.05, 4.69) is 31.3 Å². The van der Waals surface area contributed by atoms with Gasteiger partial charge in [0.1, 0.15) is 0 Å². The van der Waals surface area contributed by atoms with Crippen molar-refractivity contribution >= 4 is 11.9 Å². The summed E-state index contributed by atoms with van der Waals surface area (Å²) in [5.74, 6) is 0. The van der Waals surface area contributed by atoms with E-state index in [1.807, 2.05) is 11.9 Å². The molecule has 0 bridgehead atoms. The van der Waals surface area contributed by atoms with E-state index in [-0.39, 0.29) is 0 Å². The molecule has 9 heavy (non-hydrogen) atoms. The molecule has 0 amide bonds.